The van der Waals surface area contributed by atoms with Crippen LogP contribution in [-0.4, -0.2) is 69.7 Å². The Bertz CT molecular complexity index is 1020. The van der Waals surface area contributed by atoms with Gasteiger partial charge in [0.1, 0.15) is 23.2 Å². The molecule has 9 nitrogen and oxygen atoms in total. The Morgan fingerprint density at radius 3 is 2.69 bits per heavy atom. The van der Waals surface area contributed by atoms with E-state index in [1.165, 1.54) is 0 Å². The Labute approximate surface area is 209 Å². The maximum Gasteiger partial charge on any atom is 0.342 e. The Balaban J connectivity index is 1.91. The molecule has 1 unspecified atom stereocenters. The SMILES string of the molecule is C[C@@H]1CC=CC(O)CC=CC(=NOCC(=O)N2CCCCC2)Cc2c(Cl)c(O)cc(O)c2C(=O)O1. The summed E-state index contributed by atoms with van der Waals surface area (Å²) in [5.74, 6) is -1.89. The van der Waals surface area contributed by atoms with Gasteiger partial charge in [0.2, 0.25) is 0 Å². The monoisotopic (exact) mass is 506 g/mol. The Kier molecular flexibility index (Phi) is 9.56. The van der Waals surface area contributed by atoms with Gasteiger partial charge in [-0.3, -0.25) is 4.79 Å². The minimum absolute atomic E-state index is 0.101. The van der Waals surface area contributed by atoms with Crippen LogP contribution in [0.1, 0.15) is 54.9 Å². The number of halogens is 1. The van der Waals surface area contributed by atoms with Crippen molar-refractivity contribution in [2.75, 3.05) is 19.7 Å². The number of carbonyl (C=O) groups is 2. The molecule has 1 aromatic carbocycles. The summed E-state index contributed by atoms with van der Waals surface area (Å²) in [6.45, 7) is 2.80. The first-order chi connectivity index (χ1) is 16.8. The molecule has 1 amide bonds. The van der Waals surface area contributed by atoms with E-state index >= 15 is 0 Å². The highest BCUT2D eigenvalue weighted by Gasteiger charge is 2.26. The largest absolute Gasteiger partial charge is 0.507 e. The van der Waals surface area contributed by atoms with Crippen molar-refractivity contribution >= 4 is 29.2 Å². The minimum Gasteiger partial charge on any atom is -0.507 e. The maximum absolute atomic E-state index is 12.9. The molecule has 1 saturated heterocycles. The molecular formula is C25H31ClN2O7. The fourth-order valence-electron chi connectivity index (χ4n) is 3.92. The number of aliphatic hydroxyl groups is 1. The predicted octanol–water partition coefficient (Wildman–Crippen LogP) is 3.49. The minimum atomic E-state index is -0.817. The van der Waals surface area contributed by atoms with Crippen LogP contribution in [0.2, 0.25) is 5.02 Å². The average molecular weight is 507 g/mol. The Morgan fingerprint density at radius 2 is 1.94 bits per heavy atom. The number of phenolic OH excluding ortho intramolecular Hbond substituents is 2. The van der Waals surface area contributed by atoms with E-state index in [4.69, 9.17) is 21.2 Å². The van der Waals surface area contributed by atoms with Crippen LogP contribution in [0.15, 0.2) is 35.5 Å². The van der Waals surface area contributed by atoms with Gasteiger partial charge >= 0.3 is 5.97 Å². The summed E-state index contributed by atoms with van der Waals surface area (Å²) in [4.78, 5) is 32.3. The average Bonchev–Trinajstić information content (AvgIpc) is 2.82. The Morgan fingerprint density at radius 1 is 1.20 bits per heavy atom. The van der Waals surface area contributed by atoms with E-state index in [1.54, 1.807) is 36.1 Å². The number of carbonyl (C=O) groups excluding carboxylic acids is 2. The van der Waals surface area contributed by atoms with E-state index in [2.05, 4.69) is 5.16 Å². The number of fused-ring (bicyclic) bond motifs is 1. The molecule has 2 heterocycles. The summed E-state index contributed by atoms with van der Waals surface area (Å²) in [5.41, 5.74) is 0.175. The molecule has 1 fully saturated rings. The summed E-state index contributed by atoms with van der Waals surface area (Å²) in [6.07, 6.45) is 8.79. The number of ether oxygens (including phenoxy) is 1. The number of benzene rings is 1. The maximum atomic E-state index is 12.9. The van der Waals surface area contributed by atoms with Crippen LogP contribution in [0.4, 0.5) is 0 Å². The first-order valence-electron chi connectivity index (χ1n) is 11.7. The molecule has 2 aliphatic rings. The van der Waals surface area contributed by atoms with Gasteiger partial charge in [-0.2, -0.15) is 0 Å². The molecule has 10 heteroatoms. The third-order valence-corrected chi connectivity index (χ3v) is 6.21. The van der Waals surface area contributed by atoms with Crippen LogP contribution >= 0.6 is 11.6 Å². The number of oxime groups is 1. The van der Waals surface area contributed by atoms with Crippen molar-refractivity contribution in [2.24, 2.45) is 5.16 Å². The number of amides is 1. The normalized spacial score (nSPS) is 22.9. The van der Waals surface area contributed by atoms with E-state index in [-0.39, 0.29) is 47.2 Å². The molecule has 0 saturated carbocycles. The van der Waals surface area contributed by atoms with Gasteiger partial charge in [0, 0.05) is 32.0 Å². The van der Waals surface area contributed by atoms with Gasteiger partial charge in [-0.25, -0.2) is 4.79 Å². The van der Waals surface area contributed by atoms with Gasteiger partial charge in [-0.1, -0.05) is 35.0 Å². The first-order valence-corrected chi connectivity index (χ1v) is 12.1. The number of rotatable bonds is 3. The number of hydrogen-bond donors (Lipinski definition) is 3. The van der Waals surface area contributed by atoms with Crippen LogP contribution < -0.4 is 0 Å². The molecule has 0 aromatic heterocycles. The van der Waals surface area contributed by atoms with Crippen molar-refractivity contribution in [3.05, 3.63) is 46.5 Å². The predicted molar refractivity (Wildman–Crippen MR) is 131 cm³/mol. The zero-order valence-corrected chi connectivity index (χ0v) is 20.4. The molecule has 190 valence electrons. The number of piperidine rings is 1. The zero-order chi connectivity index (χ0) is 25.4. The number of aromatic hydroxyl groups is 2. The molecule has 2 atom stereocenters. The molecule has 3 rings (SSSR count). The van der Waals surface area contributed by atoms with Gasteiger partial charge in [0.25, 0.3) is 5.91 Å². The molecule has 0 bridgehead atoms. The van der Waals surface area contributed by atoms with E-state index < -0.39 is 29.7 Å². The summed E-state index contributed by atoms with van der Waals surface area (Å²) in [5, 5.41) is 34.7. The van der Waals surface area contributed by atoms with E-state index in [9.17, 15) is 24.9 Å². The number of likely N-dealkylation sites (tertiary alicyclic amines) is 1. The molecule has 0 radical (unpaired) electrons. The van der Waals surface area contributed by atoms with Crippen molar-refractivity contribution in [3.8, 4) is 11.5 Å². The second-order valence-electron chi connectivity index (χ2n) is 8.64. The van der Waals surface area contributed by atoms with Crippen LogP contribution in [0.3, 0.4) is 0 Å². The van der Waals surface area contributed by atoms with Crippen LogP contribution in [0.5, 0.6) is 11.5 Å². The Hall–Kier alpha value is -3.04. The number of nitrogens with zero attached hydrogens (tertiary/aromatic N) is 2. The van der Waals surface area contributed by atoms with Crippen molar-refractivity contribution in [1.29, 1.82) is 0 Å². The summed E-state index contributed by atoms with van der Waals surface area (Å²) in [7, 11) is 0. The van der Waals surface area contributed by atoms with Gasteiger partial charge < -0.3 is 29.8 Å². The van der Waals surface area contributed by atoms with Crippen LogP contribution in [0, 0.1) is 0 Å². The highest BCUT2D eigenvalue weighted by Crippen LogP contribution is 2.37. The molecule has 0 spiro atoms. The number of cyclic esters (lactones) is 1. The number of allylic oxidation sites excluding steroid dienone is 1. The zero-order valence-electron chi connectivity index (χ0n) is 19.7. The van der Waals surface area contributed by atoms with Crippen LogP contribution in [-0.2, 0) is 20.8 Å². The molecular weight excluding hydrogens is 476 g/mol. The van der Waals surface area contributed by atoms with E-state index in [0.717, 1.165) is 25.3 Å². The first kappa shape index (κ1) is 26.6. The lowest BCUT2D eigenvalue weighted by Gasteiger charge is -2.26. The molecule has 35 heavy (non-hydrogen) atoms. The van der Waals surface area contributed by atoms with E-state index in [0.29, 0.717) is 19.5 Å². The molecule has 0 aliphatic carbocycles. The topological polar surface area (TPSA) is 129 Å². The van der Waals surface area contributed by atoms with Gasteiger partial charge in [-0.15, -0.1) is 0 Å². The third kappa shape index (κ3) is 7.47. The molecule has 2 aliphatic heterocycles. The van der Waals surface area contributed by atoms with Crippen LogP contribution in [0.25, 0.3) is 0 Å². The second kappa shape index (κ2) is 12.6. The fraction of sp³-hybridized carbons (Fsp3) is 0.480. The van der Waals surface area contributed by atoms with Crippen molar-refractivity contribution in [1.82, 2.24) is 4.90 Å². The fourth-order valence-corrected chi connectivity index (χ4v) is 4.14. The van der Waals surface area contributed by atoms with E-state index in [1.807, 2.05) is 0 Å². The standard InChI is InChI=1S/C25H31ClN2O7/c1-16-7-5-9-18(29)10-6-8-17(27-34-15-22(32)28-11-3-2-4-12-28)13-19-23(25(33)35-16)20(30)14-21(31)24(19)26/h5-6,8-9,14,16,18,29-31H,2-4,7,10-13,15H2,1H3/t16-,18?/m1/s1. The molecule has 3 N–H and O–H groups in total. The van der Waals surface area contributed by atoms with Crippen molar-refractivity contribution in [2.45, 2.75) is 57.7 Å². The number of phenols is 2. The summed E-state index contributed by atoms with van der Waals surface area (Å²) >= 11 is 6.31. The van der Waals surface area contributed by atoms with Crippen molar-refractivity contribution in [3.63, 3.8) is 0 Å². The van der Waals surface area contributed by atoms with Gasteiger partial charge in [-0.05, 0) is 44.2 Å². The number of aliphatic hydroxyl groups excluding tert-OH is 1. The molecule has 1 aromatic rings. The van der Waals surface area contributed by atoms with Crippen molar-refractivity contribution < 1.29 is 34.5 Å². The summed E-state index contributed by atoms with van der Waals surface area (Å²) < 4.78 is 5.44. The smallest absolute Gasteiger partial charge is 0.342 e. The number of esters is 1. The highest BCUT2D eigenvalue weighted by molar-refractivity contribution is 6.33. The quantitative estimate of drug-likeness (QED) is 0.325. The lowest BCUT2D eigenvalue weighted by molar-refractivity contribution is -0.137. The second-order valence-corrected chi connectivity index (χ2v) is 9.02. The lowest BCUT2D eigenvalue weighted by Crippen LogP contribution is -2.37. The summed E-state index contributed by atoms with van der Waals surface area (Å²) in [6, 6.07) is 0.979. The van der Waals surface area contributed by atoms with Gasteiger partial charge in [0.05, 0.1) is 16.8 Å². The lowest BCUT2D eigenvalue weighted by atomic mass is 9.99. The highest BCUT2D eigenvalue weighted by atomic mass is 35.5. The third-order valence-electron chi connectivity index (χ3n) is 5.78. The number of hydrogen-bond acceptors (Lipinski definition) is 8. The van der Waals surface area contributed by atoms with Gasteiger partial charge in [0.15, 0.2) is 6.61 Å².